The van der Waals surface area contributed by atoms with Crippen molar-refractivity contribution in [1.29, 1.82) is 0 Å². The van der Waals surface area contributed by atoms with Crippen molar-refractivity contribution in [1.82, 2.24) is 9.80 Å². The summed E-state index contributed by atoms with van der Waals surface area (Å²) in [5, 5.41) is 0. The predicted molar refractivity (Wildman–Crippen MR) is 93.8 cm³/mol. The first-order valence-electron chi connectivity index (χ1n) is 8.90. The zero-order chi connectivity index (χ0) is 17.8. The number of piperidine rings is 1. The molecular formula is C19H26N2O4. The summed E-state index contributed by atoms with van der Waals surface area (Å²) >= 11 is 0. The van der Waals surface area contributed by atoms with Gasteiger partial charge in [0.05, 0.1) is 26.2 Å². The number of amides is 2. The number of nitrogens with zero attached hydrogens (tertiary/aromatic N) is 2. The van der Waals surface area contributed by atoms with Gasteiger partial charge in [-0.05, 0) is 37.5 Å². The molecule has 1 unspecified atom stereocenters. The lowest BCUT2D eigenvalue weighted by Gasteiger charge is -2.36. The van der Waals surface area contributed by atoms with Crippen molar-refractivity contribution in [2.45, 2.75) is 19.8 Å². The van der Waals surface area contributed by atoms with Crippen LogP contribution in [0.15, 0.2) is 18.2 Å². The number of likely N-dealkylation sites (tertiary alicyclic amines) is 1. The zero-order valence-electron chi connectivity index (χ0n) is 15.0. The molecule has 1 aromatic carbocycles. The topological polar surface area (TPSA) is 59.1 Å². The summed E-state index contributed by atoms with van der Waals surface area (Å²) in [6.45, 7) is 5.64. The fourth-order valence-corrected chi connectivity index (χ4v) is 3.54. The van der Waals surface area contributed by atoms with Crippen LogP contribution in [0.5, 0.6) is 5.75 Å². The number of morpholine rings is 1. The van der Waals surface area contributed by atoms with E-state index in [0.29, 0.717) is 50.7 Å². The molecule has 6 nitrogen and oxygen atoms in total. The van der Waals surface area contributed by atoms with Crippen molar-refractivity contribution in [3.05, 3.63) is 29.3 Å². The van der Waals surface area contributed by atoms with Crippen molar-refractivity contribution >= 4 is 11.8 Å². The van der Waals surface area contributed by atoms with Crippen molar-refractivity contribution in [3.8, 4) is 5.75 Å². The van der Waals surface area contributed by atoms with Gasteiger partial charge in [-0.15, -0.1) is 0 Å². The summed E-state index contributed by atoms with van der Waals surface area (Å²) in [4.78, 5) is 29.2. The molecule has 2 aliphatic heterocycles. The first-order chi connectivity index (χ1) is 12.1. The summed E-state index contributed by atoms with van der Waals surface area (Å²) in [6, 6.07) is 5.51. The molecule has 3 rings (SSSR count). The molecule has 1 atom stereocenters. The fraction of sp³-hybridized carbons (Fsp3) is 0.579. The molecule has 0 bridgehead atoms. The molecule has 2 saturated heterocycles. The van der Waals surface area contributed by atoms with Gasteiger partial charge in [-0.3, -0.25) is 9.59 Å². The largest absolute Gasteiger partial charge is 0.496 e. The predicted octanol–water partition coefficient (Wildman–Crippen LogP) is 1.71. The number of ether oxygens (including phenoxy) is 2. The van der Waals surface area contributed by atoms with Gasteiger partial charge in [-0.25, -0.2) is 0 Å². The molecule has 136 valence electrons. The number of hydrogen-bond acceptors (Lipinski definition) is 4. The first-order valence-corrected chi connectivity index (χ1v) is 8.90. The second-order valence-electron chi connectivity index (χ2n) is 6.71. The van der Waals surface area contributed by atoms with Gasteiger partial charge in [0.15, 0.2) is 0 Å². The van der Waals surface area contributed by atoms with E-state index in [2.05, 4.69) is 0 Å². The second kappa shape index (κ2) is 7.87. The van der Waals surface area contributed by atoms with Crippen molar-refractivity contribution in [3.63, 3.8) is 0 Å². The summed E-state index contributed by atoms with van der Waals surface area (Å²) in [5.74, 6) is 0.729. The molecule has 6 heteroatoms. The lowest BCUT2D eigenvalue weighted by molar-refractivity contribution is -0.141. The zero-order valence-corrected chi connectivity index (χ0v) is 15.0. The Morgan fingerprint density at radius 3 is 2.64 bits per heavy atom. The Morgan fingerprint density at radius 2 is 1.92 bits per heavy atom. The van der Waals surface area contributed by atoms with Crippen LogP contribution in [0.1, 0.15) is 28.8 Å². The van der Waals surface area contributed by atoms with E-state index in [9.17, 15) is 9.59 Å². The van der Waals surface area contributed by atoms with Gasteiger partial charge in [0, 0.05) is 31.7 Å². The number of hydrogen-bond donors (Lipinski definition) is 0. The van der Waals surface area contributed by atoms with Gasteiger partial charge < -0.3 is 19.3 Å². The molecule has 0 N–H and O–H groups in total. The number of rotatable bonds is 3. The Bertz CT molecular complexity index is 640. The standard InChI is InChI=1S/C19H26N2O4/c1-14-5-6-15(12-17(14)24-2)18(22)21-7-3-4-16(13-21)19(23)20-8-10-25-11-9-20/h5-6,12,16H,3-4,7-11,13H2,1-2H3. The third kappa shape index (κ3) is 3.95. The monoisotopic (exact) mass is 346 g/mol. The van der Waals surface area contributed by atoms with E-state index in [-0.39, 0.29) is 17.7 Å². The molecule has 0 saturated carbocycles. The normalized spacial score (nSPS) is 21.1. The average Bonchev–Trinajstić information content (AvgIpc) is 2.68. The third-order valence-corrected chi connectivity index (χ3v) is 5.04. The maximum absolute atomic E-state index is 12.8. The van der Waals surface area contributed by atoms with Crippen LogP contribution in [0.25, 0.3) is 0 Å². The highest BCUT2D eigenvalue weighted by atomic mass is 16.5. The highest BCUT2D eigenvalue weighted by Crippen LogP contribution is 2.24. The van der Waals surface area contributed by atoms with Crippen LogP contribution in [0.2, 0.25) is 0 Å². The lowest BCUT2D eigenvalue weighted by atomic mass is 9.95. The van der Waals surface area contributed by atoms with Crippen LogP contribution in [-0.4, -0.2) is 68.1 Å². The number of aryl methyl sites for hydroxylation is 1. The van der Waals surface area contributed by atoms with Crippen LogP contribution < -0.4 is 4.74 Å². The van der Waals surface area contributed by atoms with Crippen LogP contribution >= 0.6 is 0 Å². The second-order valence-corrected chi connectivity index (χ2v) is 6.71. The summed E-state index contributed by atoms with van der Waals surface area (Å²) in [6.07, 6.45) is 1.70. The SMILES string of the molecule is COc1cc(C(=O)N2CCCC(C(=O)N3CCOCC3)C2)ccc1C. The van der Waals surface area contributed by atoms with E-state index in [4.69, 9.17) is 9.47 Å². The smallest absolute Gasteiger partial charge is 0.254 e. The van der Waals surface area contributed by atoms with E-state index in [1.165, 1.54) is 0 Å². The minimum Gasteiger partial charge on any atom is -0.496 e. The first kappa shape index (κ1) is 17.7. The summed E-state index contributed by atoms with van der Waals surface area (Å²) in [7, 11) is 1.61. The van der Waals surface area contributed by atoms with E-state index < -0.39 is 0 Å². The van der Waals surface area contributed by atoms with Gasteiger partial charge in [-0.1, -0.05) is 6.07 Å². The van der Waals surface area contributed by atoms with Crippen LogP contribution in [0, 0.1) is 12.8 Å². The molecule has 0 aromatic heterocycles. The van der Waals surface area contributed by atoms with Gasteiger partial charge in [0.2, 0.25) is 5.91 Å². The fourth-order valence-electron chi connectivity index (χ4n) is 3.54. The van der Waals surface area contributed by atoms with E-state index in [1.54, 1.807) is 18.1 Å². The molecule has 0 radical (unpaired) electrons. The Morgan fingerprint density at radius 1 is 1.16 bits per heavy atom. The number of carbonyl (C=O) groups excluding carboxylic acids is 2. The van der Waals surface area contributed by atoms with Crippen molar-refractivity contribution in [2.24, 2.45) is 5.92 Å². The molecule has 0 aliphatic carbocycles. The van der Waals surface area contributed by atoms with E-state index >= 15 is 0 Å². The molecule has 25 heavy (non-hydrogen) atoms. The third-order valence-electron chi connectivity index (χ3n) is 5.04. The van der Waals surface area contributed by atoms with Crippen LogP contribution in [0.4, 0.5) is 0 Å². The van der Waals surface area contributed by atoms with Crippen molar-refractivity contribution < 1.29 is 19.1 Å². The minimum absolute atomic E-state index is 0.0298. The highest BCUT2D eigenvalue weighted by Gasteiger charge is 2.32. The molecular weight excluding hydrogens is 320 g/mol. The quantitative estimate of drug-likeness (QED) is 0.836. The molecule has 2 heterocycles. The van der Waals surface area contributed by atoms with Gasteiger partial charge in [0.1, 0.15) is 5.75 Å². The average molecular weight is 346 g/mol. The minimum atomic E-state index is -0.108. The van der Waals surface area contributed by atoms with Gasteiger partial charge in [-0.2, -0.15) is 0 Å². The number of carbonyl (C=O) groups is 2. The van der Waals surface area contributed by atoms with E-state index in [0.717, 1.165) is 18.4 Å². The van der Waals surface area contributed by atoms with Crippen LogP contribution in [-0.2, 0) is 9.53 Å². The maximum Gasteiger partial charge on any atom is 0.254 e. The number of methoxy groups -OCH3 is 1. The highest BCUT2D eigenvalue weighted by molar-refractivity contribution is 5.95. The molecule has 2 fully saturated rings. The maximum atomic E-state index is 12.8. The molecule has 1 aromatic rings. The Labute approximate surface area is 148 Å². The van der Waals surface area contributed by atoms with E-state index in [1.807, 2.05) is 24.0 Å². The molecule has 0 spiro atoms. The van der Waals surface area contributed by atoms with Crippen molar-refractivity contribution in [2.75, 3.05) is 46.5 Å². The Balaban J connectivity index is 1.68. The Hall–Kier alpha value is -2.08. The van der Waals surface area contributed by atoms with Gasteiger partial charge in [0.25, 0.3) is 5.91 Å². The Kier molecular flexibility index (Phi) is 5.58. The lowest BCUT2D eigenvalue weighted by Crippen LogP contribution is -2.49. The van der Waals surface area contributed by atoms with Gasteiger partial charge >= 0.3 is 0 Å². The number of benzene rings is 1. The van der Waals surface area contributed by atoms with Crippen LogP contribution in [0.3, 0.4) is 0 Å². The molecule has 2 amide bonds. The summed E-state index contributed by atoms with van der Waals surface area (Å²) < 4.78 is 10.6. The molecule has 2 aliphatic rings. The summed E-state index contributed by atoms with van der Waals surface area (Å²) in [5.41, 5.74) is 1.61.